The Hall–Kier alpha value is -2.55. The van der Waals surface area contributed by atoms with Crippen molar-refractivity contribution in [3.63, 3.8) is 0 Å². The second-order valence-corrected chi connectivity index (χ2v) is 5.85. The highest BCUT2D eigenvalue weighted by Crippen LogP contribution is 2.28. The molecule has 0 bridgehead atoms. The number of hydrogen-bond acceptors (Lipinski definition) is 5. The predicted octanol–water partition coefficient (Wildman–Crippen LogP) is 1.23. The fourth-order valence-electron chi connectivity index (χ4n) is 1.73. The van der Waals surface area contributed by atoms with Crippen LogP contribution in [0.2, 0.25) is 0 Å². The molecule has 1 heterocycles. The third-order valence-electron chi connectivity index (χ3n) is 2.70. The number of H-pyrrole nitrogens is 1. The second-order valence-electron chi connectivity index (χ2n) is 4.23. The minimum absolute atomic E-state index is 0.212. The summed E-state index contributed by atoms with van der Waals surface area (Å²) < 4.78 is 31.9. The van der Waals surface area contributed by atoms with Crippen molar-refractivity contribution < 1.29 is 23.1 Å². The molecular formula is C12H13N3O5S. The van der Waals surface area contributed by atoms with Crippen LogP contribution in [0.25, 0.3) is 0 Å². The van der Waals surface area contributed by atoms with Crippen LogP contribution in [-0.4, -0.2) is 36.8 Å². The SMILES string of the molecule is COc1ccc(C)cc1NS(=O)(=O)c1[nH]ncc1C(=O)O. The van der Waals surface area contributed by atoms with Gasteiger partial charge in [-0.25, -0.2) is 4.79 Å². The highest BCUT2D eigenvalue weighted by atomic mass is 32.2. The Kier molecular flexibility index (Phi) is 3.85. The number of nitrogens with one attached hydrogen (secondary N) is 2. The molecule has 2 aromatic rings. The fraction of sp³-hybridized carbons (Fsp3) is 0.167. The first-order valence-electron chi connectivity index (χ1n) is 5.79. The number of rotatable bonds is 5. The number of sulfonamides is 1. The van der Waals surface area contributed by atoms with E-state index in [1.807, 2.05) is 0 Å². The van der Waals surface area contributed by atoms with Crippen molar-refractivity contribution in [2.75, 3.05) is 11.8 Å². The molecular weight excluding hydrogens is 298 g/mol. The maximum Gasteiger partial charge on any atom is 0.340 e. The number of carbonyl (C=O) groups is 1. The molecule has 0 radical (unpaired) electrons. The molecule has 0 spiro atoms. The average molecular weight is 311 g/mol. The van der Waals surface area contributed by atoms with E-state index in [0.717, 1.165) is 11.8 Å². The lowest BCUT2D eigenvalue weighted by molar-refractivity contribution is 0.0692. The van der Waals surface area contributed by atoms with Gasteiger partial charge in [0.15, 0.2) is 5.03 Å². The van der Waals surface area contributed by atoms with E-state index >= 15 is 0 Å². The summed E-state index contributed by atoms with van der Waals surface area (Å²) in [5.74, 6) is -1.07. The van der Waals surface area contributed by atoms with Crippen molar-refractivity contribution in [3.8, 4) is 5.75 Å². The number of nitrogens with zero attached hydrogens (tertiary/aromatic N) is 1. The molecule has 0 saturated carbocycles. The van der Waals surface area contributed by atoms with Gasteiger partial charge in [-0.1, -0.05) is 6.07 Å². The summed E-state index contributed by atoms with van der Waals surface area (Å²) in [5.41, 5.74) is 0.592. The van der Waals surface area contributed by atoms with Crippen LogP contribution in [0.15, 0.2) is 29.4 Å². The maximum atomic E-state index is 12.3. The minimum Gasteiger partial charge on any atom is -0.495 e. The Morgan fingerprint density at radius 3 is 2.76 bits per heavy atom. The number of hydrogen-bond donors (Lipinski definition) is 3. The lowest BCUT2D eigenvalue weighted by Crippen LogP contribution is -2.17. The zero-order valence-corrected chi connectivity index (χ0v) is 12.1. The van der Waals surface area contributed by atoms with Gasteiger partial charge in [0.1, 0.15) is 11.3 Å². The van der Waals surface area contributed by atoms with Gasteiger partial charge in [-0.2, -0.15) is 13.5 Å². The Labute approximate surface area is 120 Å². The van der Waals surface area contributed by atoms with E-state index in [0.29, 0.717) is 5.75 Å². The molecule has 0 aliphatic rings. The van der Waals surface area contributed by atoms with Gasteiger partial charge in [0.2, 0.25) is 0 Å². The number of aromatic nitrogens is 2. The largest absolute Gasteiger partial charge is 0.495 e. The second kappa shape index (κ2) is 5.44. The van der Waals surface area contributed by atoms with Crippen molar-refractivity contribution in [1.29, 1.82) is 0 Å². The number of carboxylic acid groups (broad SMARTS) is 1. The molecule has 9 heteroatoms. The highest BCUT2D eigenvalue weighted by molar-refractivity contribution is 7.92. The highest BCUT2D eigenvalue weighted by Gasteiger charge is 2.25. The number of methoxy groups -OCH3 is 1. The molecule has 3 N–H and O–H groups in total. The molecule has 2 rings (SSSR count). The van der Waals surface area contributed by atoms with Crippen LogP contribution in [0.5, 0.6) is 5.75 Å². The molecule has 21 heavy (non-hydrogen) atoms. The van der Waals surface area contributed by atoms with Gasteiger partial charge >= 0.3 is 5.97 Å². The smallest absolute Gasteiger partial charge is 0.340 e. The Morgan fingerprint density at radius 2 is 2.14 bits per heavy atom. The van der Waals surface area contributed by atoms with Crippen LogP contribution in [0.1, 0.15) is 15.9 Å². The maximum absolute atomic E-state index is 12.3. The normalized spacial score (nSPS) is 11.1. The molecule has 0 saturated heterocycles. The van der Waals surface area contributed by atoms with Crippen molar-refractivity contribution in [2.45, 2.75) is 11.9 Å². The third-order valence-corrected chi connectivity index (χ3v) is 4.04. The Morgan fingerprint density at radius 1 is 1.43 bits per heavy atom. The Balaban J connectivity index is 2.45. The van der Waals surface area contributed by atoms with Crippen LogP contribution in [0.4, 0.5) is 5.69 Å². The van der Waals surface area contributed by atoms with Crippen LogP contribution in [-0.2, 0) is 10.0 Å². The van der Waals surface area contributed by atoms with Crippen LogP contribution in [0.3, 0.4) is 0 Å². The van der Waals surface area contributed by atoms with E-state index < -0.39 is 26.6 Å². The monoisotopic (exact) mass is 311 g/mol. The standard InChI is InChI=1S/C12H13N3O5S/c1-7-3-4-10(20-2)9(5-7)15-21(18,19)11-8(12(16)17)6-13-14-11/h3-6,15H,1-2H3,(H,13,14)(H,16,17). The zero-order chi connectivity index (χ0) is 15.6. The van der Waals surface area contributed by atoms with Crippen molar-refractivity contribution in [2.24, 2.45) is 0 Å². The number of aromatic carboxylic acids is 1. The topological polar surface area (TPSA) is 121 Å². The number of anilines is 1. The number of aromatic amines is 1. The van der Waals surface area contributed by atoms with Crippen molar-refractivity contribution >= 4 is 21.7 Å². The van der Waals surface area contributed by atoms with E-state index in [1.165, 1.54) is 7.11 Å². The van der Waals surface area contributed by atoms with Gasteiger partial charge in [-0.05, 0) is 24.6 Å². The molecule has 8 nitrogen and oxygen atoms in total. The lowest BCUT2D eigenvalue weighted by Gasteiger charge is -2.12. The fourth-order valence-corrected chi connectivity index (χ4v) is 2.88. The summed E-state index contributed by atoms with van der Waals surface area (Å²) >= 11 is 0. The van der Waals surface area contributed by atoms with E-state index in [-0.39, 0.29) is 5.69 Å². The number of carboxylic acids is 1. The number of ether oxygens (including phenoxy) is 1. The molecule has 0 unspecified atom stereocenters. The summed E-state index contributed by atoms with van der Waals surface area (Å²) in [6.45, 7) is 1.79. The van der Waals surface area contributed by atoms with E-state index in [9.17, 15) is 13.2 Å². The lowest BCUT2D eigenvalue weighted by atomic mass is 10.2. The van der Waals surface area contributed by atoms with Crippen molar-refractivity contribution in [1.82, 2.24) is 10.2 Å². The first-order chi connectivity index (χ1) is 9.85. The third kappa shape index (κ3) is 2.97. The first-order valence-corrected chi connectivity index (χ1v) is 7.27. The summed E-state index contributed by atoms with van der Waals surface area (Å²) in [7, 11) is -2.72. The van der Waals surface area contributed by atoms with Gasteiger partial charge in [-0.3, -0.25) is 9.82 Å². The first kappa shape index (κ1) is 14.9. The van der Waals surface area contributed by atoms with Gasteiger partial charge < -0.3 is 9.84 Å². The predicted molar refractivity (Wildman–Crippen MR) is 74.1 cm³/mol. The quantitative estimate of drug-likeness (QED) is 0.763. The van der Waals surface area contributed by atoms with Gasteiger partial charge in [0.05, 0.1) is 19.0 Å². The zero-order valence-electron chi connectivity index (χ0n) is 11.2. The van der Waals surface area contributed by atoms with Gasteiger partial charge in [0, 0.05) is 0 Å². The molecule has 0 aliphatic heterocycles. The van der Waals surface area contributed by atoms with Gasteiger partial charge in [0.25, 0.3) is 10.0 Å². The number of benzene rings is 1. The van der Waals surface area contributed by atoms with Crippen molar-refractivity contribution in [3.05, 3.63) is 35.5 Å². The van der Waals surface area contributed by atoms with E-state index in [2.05, 4.69) is 14.9 Å². The molecule has 1 aromatic heterocycles. The van der Waals surface area contributed by atoms with Crippen LogP contribution in [0, 0.1) is 6.92 Å². The summed E-state index contributed by atoms with van der Waals surface area (Å²) in [4.78, 5) is 11.0. The molecule has 0 atom stereocenters. The molecule has 1 aromatic carbocycles. The average Bonchev–Trinajstić information content (AvgIpc) is 2.88. The summed E-state index contributed by atoms with van der Waals surface area (Å²) in [6, 6.07) is 4.95. The van der Waals surface area contributed by atoms with Crippen LogP contribution < -0.4 is 9.46 Å². The van der Waals surface area contributed by atoms with Gasteiger partial charge in [-0.15, -0.1) is 0 Å². The molecule has 0 fully saturated rings. The summed E-state index contributed by atoms with van der Waals surface area (Å²) in [5, 5.41) is 14.1. The van der Waals surface area contributed by atoms with E-state index in [4.69, 9.17) is 9.84 Å². The molecule has 0 aliphatic carbocycles. The van der Waals surface area contributed by atoms with E-state index in [1.54, 1.807) is 25.1 Å². The van der Waals surface area contributed by atoms with Crippen LogP contribution >= 0.6 is 0 Å². The number of aryl methyl sites for hydroxylation is 1. The Bertz CT molecular complexity index is 782. The molecule has 0 amide bonds. The molecule has 112 valence electrons. The minimum atomic E-state index is -4.12. The summed E-state index contributed by atoms with van der Waals surface area (Å²) in [6.07, 6.45) is 0.935.